The minimum Gasteiger partial charge on any atom is -0.463 e. The van der Waals surface area contributed by atoms with Crippen LogP contribution in [0.25, 0.3) is 0 Å². The van der Waals surface area contributed by atoms with Gasteiger partial charge in [-0.2, -0.15) is 0 Å². The van der Waals surface area contributed by atoms with Gasteiger partial charge in [0.2, 0.25) is 11.7 Å². The Bertz CT molecular complexity index is 551. The molecule has 6 heteroatoms. The van der Waals surface area contributed by atoms with Crippen molar-refractivity contribution in [2.75, 3.05) is 7.11 Å². The molecule has 0 aliphatic heterocycles. The zero-order chi connectivity index (χ0) is 13.8. The quantitative estimate of drug-likeness (QED) is 0.832. The zero-order valence-electron chi connectivity index (χ0n) is 11.1. The number of esters is 1. The molecule has 0 spiro atoms. The predicted octanol–water partition coefficient (Wildman–Crippen LogP) is 1.96. The molecule has 0 aromatic carbocycles. The number of hydrogen-bond acceptors (Lipinski definition) is 6. The maximum Gasteiger partial charge on any atom is 0.374 e. The monoisotopic (exact) mass is 264 g/mol. The number of rotatable bonds is 5. The van der Waals surface area contributed by atoms with Gasteiger partial charge in [0.15, 0.2) is 0 Å². The number of aromatic nitrogens is 1. The van der Waals surface area contributed by atoms with Crippen LogP contribution in [0.1, 0.15) is 33.5 Å². The Labute approximate surface area is 110 Å². The number of oxazole rings is 1. The van der Waals surface area contributed by atoms with Crippen molar-refractivity contribution in [3.05, 3.63) is 41.0 Å². The molecule has 0 amide bonds. The average Bonchev–Trinajstić information content (AvgIpc) is 2.97. The fourth-order valence-corrected chi connectivity index (χ4v) is 1.67. The highest BCUT2D eigenvalue weighted by Crippen LogP contribution is 2.12. The van der Waals surface area contributed by atoms with Crippen molar-refractivity contribution in [1.29, 1.82) is 0 Å². The normalized spacial score (nSPS) is 10.7. The fourth-order valence-electron chi connectivity index (χ4n) is 1.67. The molecule has 0 fully saturated rings. The molecule has 0 unspecified atom stereocenters. The van der Waals surface area contributed by atoms with Gasteiger partial charge in [0, 0.05) is 12.1 Å². The first-order valence-electron chi connectivity index (χ1n) is 5.90. The second kappa shape index (κ2) is 5.71. The second-order valence-corrected chi connectivity index (χ2v) is 4.12. The summed E-state index contributed by atoms with van der Waals surface area (Å²) in [6.07, 6.45) is 1.46. The van der Waals surface area contributed by atoms with Crippen molar-refractivity contribution in [3.8, 4) is 0 Å². The van der Waals surface area contributed by atoms with Gasteiger partial charge in [0.05, 0.1) is 25.6 Å². The van der Waals surface area contributed by atoms with Gasteiger partial charge < -0.3 is 18.9 Å². The van der Waals surface area contributed by atoms with Crippen molar-refractivity contribution < 1.29 is 18.4 Å². The molecule has 0 saturated carbocycles. The van der Waals surface area contributed by atoms with Crippen LogP contribution in [0.4, 0.5) is 0 Å². The summed E-state index contributed by atoms with van der Waals surface area (Å²) in [6.45, 7) is 4.73. The number of carbonyl (C=O) groups is 1. The number of nitrogens with one attached hydrogen (secondary N) is 1. The van der Waals surface area contributed by atoms with E-state index < -0.39 is 5.97 Å². The summed E-state index contributed by atoms with van der Waals surface area (Å²) < 4.78 is 15.2. The zero-order valence-corrected chi connectivity index (χ0v) is 11.1. The lowest BCUT2D eigenvalue weighted by atomic mass is 10.2. The minimum atomic E-state index is -0.482. The summed E-state index contributed by atoms with van der Waals surface area (Å²) in [5.74, 6) is 1.17. The largest absolute Gasteiger partial charge is 0.463 e. The summed E-state index contributed by atoms with van der Waals surface area (Å²) in [7, 11) is 1.32. The van der Waals surface area contributed by atoms with E-state index in [2.05, 4.69) is 15.0 Å². The Morgan fingerprint density at radius 1 is 1.42 bits per heavy atom. The van der Waals surface area contributed by atoms with Crippen LogP contribution >= 0.6 is 0 Å². The third-order valence-electron chi connectivity index (χ3n) is 2.78. The van der Waals surface area contributed by atoms with Gasteiger partial charge in [-0.05, 0) is 19.9 Å². The van der Waals surface area contributed by atoms with Crippen LogP contribution in [-0.2, 0) is 17.8 Å². The molecule has 0 saturated heterocycles. The lowest BCUT2D eigenvalue weighted by molar-refractivity contribution is 0.0563. The Balaban J connectivity index is 1.92. The molecule has 102 valence electrons. The van der Waals surface area contributed by atoms with Crippen molar-refractivity contribution in [2.45, 2.75) is 26.9 Å². The lowest BCUT2D eigenvalue weighted by Crippen LogP contribution is -2.15. The van der Waals surface area contributed by atoms with Gasteiger partial charge in [-0.1, -0.05) is 0 Å². The molecule has 0 bridgehead atoms. The molecule has 2 aromatic heterocycles. The van der Waals surface area contributed by atoms with Crippen molar-refractivity contribution in [2.24, 2.45) is 0 Å². The third kappa shape index (κ3) is 3.03. The molecule has 1 N–H and O–H groups in total. The van der Waals surface area contributed by atoms with Gasteiger partial charge in [-0.3, -0.25) is 0 Å². The van der Waals surface area contributed by atoms with Crippen LogP contribution in [0.15, 0.2) is 21.2 Å². The summed E-state index contributed by atoms with van der Waals surface area (Å²) in [6, 6.07) is 1.73. The van der Waals surface area contributed by atoms with E-state index >= 15 is 0 Å². The molecule has 6 nitrogen and oxygen atoms in total. The van der Waals surface area contributed by atoms with Crippen LogP contribution in [0, 0.1) is 13.8 Å². The predicted molar refractivity (Wildman–Crippen MR) is 66.6 cm³/mol. The Kier molecular flexibility index (Phi) is 4.01. The van der Waals surface area contributed by atoms with Crippen molar-refractivity contribution >= 4 is 5.97 Å². The summed E-state index contributed by atoms with van der Waals surface area (Å²) in [5, 5.41) is 3.14. The molecular weight excluding hydrogens is 248 g/mol. The minimum absolute atomic E-state index is 0.217. The SMILES string of the molecule is COC(=O)c1occc1CNCc1nc(C)c(C)o1. The first kappa shape index (κ1) is 13.4. The van der Waals surface area contributed by atoms with Crippen LogP contribution in [-0.4, -0.2) is 18.1 Å². The first-order chi connectivity index (χ1) is 9.11. The lowest BCUT2D eigenvalue weighted by Gasteiger charge is -2.02. The van der Waals surface area contributed by atoms with E-state index in [4.69, 9.17) is 8.83 Å². The van der Waals surface area contributed by atoms with E-state index in [1.165, 1.54) is 13.4 Å². The Hall–Kier alpha value is -2.08. The van der Waals surface area contributed by atoms with Crippen LogP contribution < -0.4 is 5.32 Å². The van der Waals surface area contributed by atoms with Crippen molar-refractivity contribution in [1.82, 2.24) is 10.3 Å². The maximum atomic E-state index is 11.4. The van der Waals surface area contributed by atoms with Gasteiger partial charge >= 0.3 is 5.97 Å². The van der Waals surface area contributed by atoms with E-state index in [1.54, 1.807) is 6.07 Å². The number of hydrogen-bond donors (Lipinski definition) is 1. The standard InChI is InChI=1S/C13H16N2O4/c1-8-9(2)19-11(15-8)7-14-6-10-4-5-18-12(10)13(16)17-3/h4-5,14H,6-7H2,1-3H3. The summed E-state index contributed by atoms with van der Waals surface area (Å²) in [4.78, 5) is 15.7. The number of aryl methyl sites for hydroxylation is 2. The maximum absolute atomic E-state index is 11.4. The number of nitrogens with zero attached hydrogens (tertiary/aromatic N) is 1. The van der Waals surface area contributed by atoms with E-state index in [-0.39, 0.29) is 5.76 Å². The van der Waals surface area contributed by atoms with Crippen LogP contribution in [0.5, 0.6) is 0 Å². The summed E-state index contributed by atoms with van der Waals surface area (Å²) >= 11 is 0. The molecule has 0 aliphatic rings. The third-order valence-corrected chi connectivity index (χ3v) is 2.78. The van der Waals surface area contributed by atoms with Gasteiger partial charge in [0.25, 0.3) is 0 Å². The second-order valence-electron chi connectivity index (χ2n) is 4.12. The number of ether oxygens (including phenoxy) is 1. The molecule has 19 heavy (non-hydrogen) atoms. The molecule has 2 rings (SSSR count). The number of methoxy groups -OCH3 is 1. The van der Waals surface area contributed by atoms with E-state index in [0.29, 0.717) is 19.0 Å². The van der Waals surface area contributed by atoms with Gasteiger partial charge in [-0.25, -0.2) is 9.78 Å². The smallest absolute Gasteiger partial charge is 0.374 e. The fraction of sp³-hybridized carbons (Fsp3) is 0.385. The molecule has 0 aliphatic carbocycles. The Morgan fingerprint density at radius 2 is 2.21 bits per heavy atom. The molecule has 2 heterocycles. The molecular formula is C13H16N2O4. The average molecular weight is 264 g/mol. The van der Waals surface area contributed by atoms with E-state index in [9.17, 15) is 4.79 Å². The highest BCUT2D eigenvalue weighted by atomic mass is 16.5. The van der Waals surface area contributed by atoms with Crippen LogP contribution in [0.2, 0.25) is 0 Å². The molecule has 0 atom stereocenters. The Morgan fingerprint density at radius 3 is 2.84 bits per heavy atom. The van der Waals surface area contributed by atoms with Crippen LogP contribution in [0.3, 0.4) is 0 Å². The number of furan rings is 1. The first-order valence-corrected chi connectivity index (χ1v) is 5.90. The molecule has 2 aromatic rings. The highest BCUT2D eigenvalue weighted by Gasteiger charge is 2.15. The van der Waals surface area contributed by atoms with Gasteiger partial charge in [-0.15, -0.1) is 0 Å². The van der Waals surface area contributed by atoms with Crippen molar-refractivity contribution in [3.63, 3.8) is 0 Å². The summed E-state index contributed by atoms with van der Waals surface area (Å²) in [5.41, 5.74) is 1.63. The topological polar surface area (TPSA) is 77.5 Å². The number of carbonyl (C=O) groups excluding carboxylic acids is 1. The molecule has 0 radical (unpaired) electrons. The highest BCUT2D eigenvalue weighted by molar-refractivity contribution is 5.87. The van der Waals surface area contributed by atoms with E-state index in [0.717, 1.165) is 17.0 Å². The van der Waals surface area contributed by atoms with E-state index in [1.807, 2.05) is 13.8 Å². The van der Waals surface area contributed by atoms with Gasteiger partial charge in [0.1, 0.15) is 5.76 Å².